The summed E-state index contributed by atoms with van der Waals surface area (Å²) in [6.45, 7) is 0.331. The van der Waals surface area contributed by atoms with E-state index in [9.17, 15) is 5.11 Å². The molecule has 1 aliphatic rings. The van der Waals surface area contributed by atoms with Gasteiger partial charge in [-0.25, -0.2) is 15.0 Å². The predicted octanol–water partition coefficient (Wildman–Crippen LogP) is 3.14. The fraction of sp³-hybridized carbons (Fsp3) is 0.150. The quantitative estimate of drug-likeness (QED) is 0.702. The van der Waals surface area contributed by atoms with Crippen molar-refractivity contribution in [1.29, 1.82) is 0 Å². The maximum atomic E-state index is 10.8. The summed E-state index contributed by atoms with van der Waals surface area (Å²) >= 11 is 1.55. The number of rotatable bonds is 4. The third-order valence-corrected chi connectivity index (χ3v) is 5.25. The Labute approximate surface area is 161 Å². The van der Waals surface area contributed by atoms with Gasteiger partial charge in [-0.3, -0.25) is 4.90 Å². The molecule has 0 saturated heterocycles. The highest BCUT2D eigenvalue weighted by Gasteiger charge is 2.26. The van der Waals surface area contributed by atoms with Crippen molar-refractivity contribution in [3.8, 4) is 12.3 Å². The summed E-state index contributed by atoms with van der Waals surface area (Å²) < 4.78 is 5.36. The lowest BCUT2D eigenvalue weighted by Crippen LogP contribution is -2.24. The number of nitrogens with zero attached hydrogens (tertiary/aromatic N) is 4. The largest absolute Gasteiger partial charge is 0.384 e. The first-order chi connectivity index (χ1) is 13.2. The van der Waals surface area contributed by atoms with Crippen molar-refractivity contribution >= 4 is 23.3 Å². The lowest BCUT2D eigenvalue weighted by molar-refractivity contribution is 0.204. The SMILES string of the molecule is C#Cc1ccc(C(O)c2ccc3c(c2)N(COC)c2nccnc2S3)cn1. The van der Waals surface area contributed by atoms with E-state index in [0.29, 0.717) is 18.0 Å². The van der Waals surface area contributed by atoms with E-state index in [4.69, 9.17) is 11.2 Å². The zero-order valence-electron chi connectivity index (χ0n) is 14.5. The third-order valence-electron chi connectivity index (χ3n) is 4.21. The Balaban J connectivity index is 1.72. The molecule has 3 aromatic rings. The van der Waals surface area contributed by atoms with Gasteiger partial charge < -0.3 is 9.84 Å². The van der Waals surface area contributed by atoms with Gasteiger partial charge in [0.15, 0.2) is 5.82 Å². The highest BCUT2D eigenvalue weighted by Crippen LogP contribution is 2.46. The molecule has 4 rings (SSSR count). The minimum absolute atomic E-state index is 0.331. The summed E-state index contributed by atoms with van der Waals surface area (Å²) in [5.41, 5.74) is 2.88. The van der Waals surface area contributed by atoms with Crippen LogP contribution in [0.4, 0.5) is 11.5 Å². The van der Waals surface area contributed by atoms with Gasteiger partial charge >= 0.3 is 0 Å². The monoisotopic (exact) mass is 376 g/mol. The summed E-state index contributed by atoms with van der Waals surface area (Å²) in [6.07, 6.45) is 9.46. The fourth-order valence-corrected chi connectivity index (χ4v) is 3.89. The number of aliphatic hydroxyl groups is 1. The predicted molar refractivity (Wildman–Crippen MR) is 103 cm³/mol. The van der Waals surface area contributed by atoms with Gasteiger partial charge in [0.25, 0.3) is 0 Å². The molecule has 1 aromatic carbocycles. The summed E-state index contributed by atoms with van der Waals surface area (Å²) in [4.78, 5) is 16.0. The standard InChI is InChI=1S/C20H16N4O2S/c1-3-15-6-4-14(11-23-15)18(25)13-5-7-17-16(10-13)24(12-26-2)19-20(27-17)22-9-8-21-19/h1,4-11,18,25H,12H2,2H3. The number of aliphatic hydroxyl groups excluding tert-OH is 1. The number of fused-ring (bicyclic) bond motifs is 2. The molecule has 1 atom stereocenters. The normalized spacial score (nSPS) is 13.4. The second-order valence-corrected chi connectivity index (χ2v) is 6.91. The van der Waals surface area contributed by atoms with Crippen molar-refractivity contribution in [2.45, 2.75) is 16.0 Å². The van der Waals surface area contributed by atoms with E-state index in [2.05, 4.69) is 20.9 Å². The first-order valence-electron chi connectivity index (χ1n) is 8.21. The molecule has 27 heavy (non-hydrogen) atoms. The van der Waals surface area contributed by atoms with Crippen LogP contribution in [0.3, 0.4) is 0 Å². The summed E-state index contributed by atoms with van der Waals surface area (Å²) in [5.74, 6) is 3.21. The van der Waals surface area contributed by atoms with Gasteiger partial charge in [-0.05, 0) is 23.8 Å². The van der Waals surface area contributed by atoms with Crippen molar-refractivity contribution in [3.05, 3.63) is 65.7 Å². The lowest BCUT2D eigenvalue weighted by Gasteiger charge is -2.30. The van der Waals surface area contributed by atoms with Crippen LogP contribution in [0.5, 0.6) is 0 Å². The van der Waals surface area contributed by atoms with Gasteiger partial charge in [0.1, 0.15) is 23.6 Å². The van der Waals surface area contributed by atoms with Crippen molar-refractivity contribution in [2.24, 2.45) is 0 Å². The Morgan fingerprint density at radius 2 is 2.00 bits per heavy atom. The molecule has 3 heterocycles. The molecule has 0 fully saturated rings. The number of methoxy groups -OCH3 is 1. The molecule has 0 saturated carbocycles. The van der Waals surface area contributed by atoms with E-state index >= 15 is 0 Å². The Morgan fingerprint density at radius 3 is 2.74 bits per heavy atom. The van der Waals surface area contributed by atoms with Crippen LogP contribution >= 0.6 is 11.8 Å². The van der Waals surface area contributed by atoms with Crippen LogP contribution < -0.4 is 4.90 Å². The van der Waals surface area contributed by atoms with Gasteiger partial charge in [-0.2, -0.15) is 0 Å². The lowest BCUT2D eigenvalue weighted by atomic mass is 10.0. The highest BCUT2D eigenvalue weighted by molar-refractivity contribution is 7.99. The molecule has 0 spiro atoms. The topological polar surface area (TPSA) is 71.4 Å². The number of benzene rings is 1. The second-order valence-electron chi connectivity index (χ2n) is 5.88. The minimum atomic E-state index is -0.813. The van der Waals surface area contributed by atoms with Crippen LogP contribution in [-0.4, -0.2) is 33.9 Å². The molecule has 1 unspecified atom stereocenters. The first kappa shape index (κ1) is 17.5. The molecule has 6 nitrogen and oxygen atoms in total. The summed E-state index contributed by atoms with van der Waals surface area (Å²) in [6, 6.07) is 9.32. The van der Waals surface area contributed by atoms with Gasteiger partial charge in [-0.15, -0.1) is 6.42 Å². The first-order valence-corrected chi connectivity index (χ1v) is 9.03. The molecule has 1 N–H and O–H groups in total. The van der Waals surface area contributed by atoms with E-state index in [-0.39, 0.29) is 0 Å². The zero-order valence-corrected chi connectivity index (χ0v) is 15.3. The Hall–Kier alpha value is -2.92. The van der Waals surface area contributed by atoms with E-state index in [1.54, 1.807) is 49.6 Å². The van der Waals surface area contributed by atoms with Crippen molar-refractivity contribution < 1.29 is 9.84 Å². The van der Waals surface area contributed by atoms with Crippen LogP contribution in [0, 0.1) is 12.3 Å². The molecule has 0 radical (unpaired) electrons. The van der Waals surface area contributed by atoms with Crippen LogP contribution in [0.1, 0.15) is 22.9 Å². The number of terminal acetylenes is 1. The van der Waals surface area contributed by atoms with Gasteiger partial charge in [0, 0.05) is 36.2 Å². The maximum absolute atomic E-state index is 10.8. The molecule has 2 aromatic heterocycles. The van der Waals surface area contributed by atoms with E-state index < -0.39 is 6.10 Å². The van der Waals surface area contributed by atoms with Gasteiger partial charge in [0.2, 0.25) is 0 Å². The van der Waals surface area contributed by atoms with Crippen molar-refractivity contribution in [1.82, 2.24) is 15.0 Å². The number of pyridine rings is 1. The second kappa shape index (κ2) is 7.37. The average molecular weight is 376 g/mol. The molecule has 134 valence electrons. The van der Waals surface area contributed by atoms with Crippen LogP contribution in [-0.2, 0) is 4.74 Å². The van der Waals surface area contributed by atoms with Crippen molar-refractivity contribution in [2.75, 3.05) is 18.7 Å². The maximum Gasteiger partial charge on any atom is 0.168 e. The van der Waals surface area contributed by atoms with Crippen LogP contribution in [0.25, 0.3) is 0 Å². The van der Waals surface area contributed by atoms with Crippen molar-refractivity contribution in [3.63, 3.8) is 0 Å². The van der Waals surface area contributed by atoms with E-state index in [1.807, 2.05) is 23.1 Å². The fourth-order valence-electron chi connectivity index (χ4n) is 2.90. The van der Waals surface area contributed by atoms with Gasteiger partial charge in [0.05, 0.1) is 5.69 Å². The third kappa shape index (κ3) is 3.26. The molecular formula is C20H16N4O2S. The Morgan fingerprint density at radius 1 is 1.19 bits per heavy atom. The molecule has 0 bridgehead atoms. The number of ether oxygens (including phenoxy) is 1. The minimum Gasteiger partial charge on any atom is -0.384 e. The molecular weight excluding hydrogens is 360 g/mol. The van der Waals surface area contributed by atoms with E-state index in [0.717, 1.165) is 27.0 Å². The zero-order chi connectivity index (χ0) is 18.8. The number of hydrogen-bond donors (Lipinski definition) is 1. The van der Waals surface area contributed by atoms with Gasteiger partial charge in [-0.1, -0.05) is 29.8 Å². The summed E-state index contributed by atoms with van der Waals surface area (Å²) in [7, 11) is 1.63. The molecule has 7 heteroatoms. The van der Waals surface area contributed by atoms with Crippen LogP contribution in [0.2, 0.25) is 0 Å². The highest BCUT2D eigenvalue weighted by atomic mass is 32.2. The smallest absolute Gasteiger partial charge is 0.168 e. The average Bonchev–Trinajstić information content (AvgIpc) is 2.73. The van der Waals surface area contributed by atoms with E-state index in [1.165, 1.54) is 0 Å². The molecule has 0 aliphatic carbocycles. The Kier molecular flexibility index (Phi) is 4.77. The molecule has 0 amide bonds. The number of aromatic nitrogens is 3. The van der Waals surface area contributed by atoms with Crippen LogP contribution in [0.15, 0.2) is 58.8 Å². The number of hydrogen-bond acceptors (Lipinski definition) is 7. The molecule has 1 aliphatic heterocycles. The number of anilines is 2. The Bertz CT molecular complexity index is 1020. The summed E-state index contributed by atoms with van der Waals surface area (Å²) in [5, 5.41) is 11.6.